The molecule has 1 heterocycles. The summed E-state index contributed by atoms with van der Waals surface area (Å²) in [5.41, 5.74) is 1.89. The van der Waals surface area contributed by atoms with E-state index in [2.05, 4.69) is 10.5 Å². The highest BCUT2D eigenvalue weighted by Crippen LogP contribution is 2.29. The van der Waals surface area contributed by atoms with E-state index in [1.165, 1.54) is 24.6 Å². The van der Waals surface area contributed by atoms with Gasteiger partial charge in [-0.25, -0.2) is 10.2 Å². The molecule has 0 radical (unpaired) electrons. The number of nitrogens with one attached hydrogen (secondary N) is 1. The topological polar surface area (TPSA) is 101 Å². The van der Waals surface area contributed by atoms with Gasteiger partial charge in [-0.3, -0.25) is 4.79 Å². The highest BCUT2D eigenvalue weighted by molar-refractivity contribution is 5.91. The Kier molecular flexibility index (Phi) is 7.30. The second-order valence-corrected chi connectivity index (χ2v) is 7.48. The molecule has 174 valence electrons. The van der Waals surface area contributed by atoms with Crippen molar-refractivity contribution in [2.45, 2.75) is 5.60 Å². The summed E-state index contributed by atoms with van der Waals surface area (Å²) in [6, 6.07) is 27.4. The third-order valence-corrected chi connectivity index (χ3v) is 5.09. The SMILES string of the molecule is O=C(/C=C/c1ccco1)Oc1cccc(/C=N/NC(=O)C(O)(c2ccccc2)c2ccccc2)c1. The van der Waals surface area contributed by atoms with Crippen molar-refractivity contribution in [3.05, 3.63) is 132 Å². The molecule has 1 amide bonds. The predicted molar refractivity (Wildman–Crippen MR) is 131 cm³/mol. The monoisotopic (exact) mass is 466 g/mol. The zero-order valence-corrected chi connectivity index (χ0v) is 18.6. The fourth-order valence-electron chi connectivity index (χ4n) is 3.38. The molecule has 0 atom stereocenters. The first-order chi connectivity index (χ1) is 17.1. The van der Waals surface area contributed by atoms with Crippen molar-refractivity contribution in [2.75, 3.05) is 0 Å². The van der Waals surface area contributed by atoms with Gasteiger partial charge >= 0.3 is 5.97 Å². The zero-order chi connectivity index (χ0) is 24.5. The van der Waals surface area contributed by atoms with E-state index in [1.807, 2.05) is 0 Å². The molecule has 7 nitrogen and oxygen atoms in total. The number of benzene rings is 3. The molecule has 1 aromatic heterocycles. The molecule has 0 saturated heterocycles. The first-order valence-corrected chi connectivity index (χ1v) is 10.8. The van der Waals surface area contributed by atoms with Crippen LogP contribution in [0.4, 0.5) is 0 Å². The Morgan fingerprint density at radius 1 is 0.886 bits per heavy atom. The quantitative estimate of drug-likeness (QED) is 0.133. The smallest absolute Gasteiger partial charge is 0.336 e. The van der Waals surface area contributed by atoms with Crippen LogP contribution in [0.2, 0.25) is 0 Å². The minimum atomic E-state index is -1.93. The summed E-state index contributed by atoms with van der Waals surface area (Å²) < 4.78 is 10.4. The van der Waals surface area contributed by atoms with Gasteiger partial charge in [0.1, 0.15) is 11.5 Å². The zero-order valence-electron chi connectivity index (χ0n) is 18.6. The third kappa shape index (κ3) is 5.79. The Hall–Kier alpha value is -4.75. The Morgan fingerprint density at radius 3 is 2.20 bits per heavy atom. The summed E-state index contributed by atoms with van der Waals surface area (Å²) in [6.07, 6.45) is 5.66. The number of amides is 1. The van der Waals surface area contributed by atoms with Crippen molar-refractivity contribution in [1.29, 1.82) is 0 Å². The number of nitrogens with zero attached hydrogens (tertiary/aromatic N) is 1. The fraction of sp³-hybridized carbons (Fsp3) is 0.0357. The van der Waals surface area contributed by atoms with Gasteiger partial charge in [0.15, 0.2) is 5.60 Å². The summed E-state index contributed by atoms with van der Waals surface area (Å²) in [7, 11) is 0. The second-order valence-electron chi connectivity index (χ2n) is 7.48. The first-order valence-electron chi connectivity index (χ1n) is 10.8. The number of furan rings is 1. The van der Waals surface area contributed by atoms with Crippen LogP contribution in [0.25, 0.3) is 6.08 Å². The normalized spacial score (nSPS) is 11.6. The van der Waals surface area contributed by atoms with Crippen molar-refractivity contribution in [1.82, 2.24) is 5.43 Å². The molecule has 7 heteroatoms. The van der Waals surface area contributed by atoms with E-state index < -0.39 is 17.5 Å². The maximum Gasteiger partial charge on any atom is 0.336 e. The van der Waals surface area contributed by atoms with Crippen LogP contribution in [0.5, 0.6) is 5.75 Å². The van der Waals surface area contributed by atoms with Gasteiger partial charge in [-0.15, -0.1) is 0 Å². The van der Waals surface area contributed by atoms with Crippen LogP contribution in [0.3, 0.4) is 0 Å². The van der Waals surface area contributed by atoms with Gasteiger partial charge in [-0.2, -0.15) is 5.10 Å². The van der Waals surface area contributed by atoms with Crippen LogP contribution >= 0.6 is 0 Å². The van der Waals surface area contributed by atoms with Gasteiger partial charge in [0, 0.05) is 6.08 Å². The summed E-state index contributed by atoms with van der Waals surface area (Å²) >= 11 is 0. The van der Waals surface area contributed by atoms with Crippen molar-refractivity contribution < 1.29 is 23.8 Å². The molecule has 35 heavy (non-hydrogen) atoms. The Bertz CT molecular complexity index is 1290. The fourth-order valence-corrected chi connectivity index (χ4v) is 3.38. The van der Waals surface area contributed by atoms with Crippen LogP contribution in [0, 0.1) is 0 Å². The molecule has 0 saturated carbocycles. The lowest BCUT2D eigenvalue weighted by Gasteiger charge is -2.27. The number of aliphatic hydroxyl groups is 1. The summed E-state index contributed by atoms with van der Waals surface area (Å²) in [4.78, 5) is 25.1. The maximum absolute atomic E-state index is 13.1. The van der Waals surface area contributed by atoms with Crippen LogP contribution in [-0.2, 0) is 15.2 Å². The molecule has 4 rings (SSSR count). The molecular weight excluding hydrogens is 444 g/mol. The standard InChI is InChI=1S/C28H22N2O5/c31-26(17-16-24-15-8-18-34-24)35-25-14-7-9-21(19-25)20-29-30-27(32)28(33,22-10-3-1-4-11-22)23-12-5-2-6-13-23/h1-20,33H,(H,30,32)/b17-16+,29-20+. The average Bonchev–Trinajstić information content (AvgIpc) is 3.42. The Morgan fingerprint density at radius 2 is 1.57 bits per heavy atom. The molecule has 0 aliphatic heterocycles. The second kappa shape index (κ2) is 10.9. The molecule has 4 aromatic rings. The minimum Gasteiger partial charge on any atom is -0.465 e. The number of hydrogen-bond donors (Lipinski definition) is 2. The van der Waals surface area contributed by atoms with Crippen LogP contribution < -0.4 is 10.2 Å². The lowest BCUT2D eigenvalue weighted by Crippen LogP contribution is -2.43. The van der Waals surface area contributed by atoms with E-state index in [0.29, 0.717) is 28.2 Å². The van der Waals surface area contributed by atoms with Crippen molar-refractivity contribution in [2.24, 2.45) is 5.10 Å². The lowest BCUT2D eigenvalue weighted by molar-refractivity contribution is -0.136. The molecule has 0 bridgehead atoms. The highest BCUT2D eigenvalue weighted by Gasteiger charge is 2.39. The molecule has 0 unspecified atom stereocenters. The van der Waals surface area contributed by atoms with Gasteiger partial charge in [0.05, 0.1) is 12.5 Å². The Labute approximate surface area is 202 Å². The number of carbonyl (C=O) groups excluding carboxylic acids is 2. The number of esters is 1. The van der Waals surface area contributed by atoms with Crippen molar-refractivity contribution >= 4 is 24.2 Å². The third-order valence-electron chi connectivity index (χ3n) is 5.09. The number of hydrogen-bond acceptors (Lipinski definition) is 6. The highest BCUT2D eigenvalue weighted by atomic mass is 16.5. The molecule has 0 aliphatic rings. The lowest BCUT2D eigenvalue weighted by atomic mass is 9.85. The average molecular weight is 466 g/mol. The number of hydrazone groups is 1. The van der Waals surface area contributed by atoms with E-state index >= 15 is 0 Å². The minimum absolute atomic E-state index is 0.305. The van der Waals surface area contributed by atoms with Crippen LogP contribution in [-0.4, -0.2) is 23.2 Å². The van der Waals surface area contributed by atoms with E-state index in [-0.39, 0.29) is 0 Å². The van der Waals surface area contributed by atoms with Gasteiger partial charge in [-0.1, -0.05) is 72.8 Å². The van der Waals surface area contributed by atoms with Crippen molar-refractivity contribution in [3.63, 3.8) is 0 Å². The molecule has 0 spiro atoms. The molecule has 0 fully saturated rings. The first kappa shape index (κ1) is 23.4. The number of rotatable bonds is 8. The largest absolute Gasteiger partial charge is 0.465 e. The maximum atomic E-state index is 13.1. The van der Waals surface area contributed by atoms with Gasteiger partial charge < -0.3 is 14.3 Å². The molecule has 2 N–H and O–H groups in total. The van der Waals surface area contributed by atoms with E-state index in [9.17, 15) is 14.7 Å². The summed E-state index contributed by atoms with van der Waals surface area (Å²) in [6.45, 7) is 0. The van der Waals surface area contributed by atoms with Gasteiger partial charge in [0.25, 0.3) is 5.91 Å². The molecule has 0 aliphatic carbocycles. The van der Waals surface area contributed by atoms with Gasteiger partial charge in [0.2, 0.25) is 0 Å². The van der Waals surface area contributed by atoms with Crippen LogP contribution in [0.15, 0.2) is 119 Å². The van der Waals surface area contributed by atoms with Gasteiger partial charge in [-0.05, 0) is 47.0 Å². The Balaban J connectivity index is 1.45. The van der Waals surface area contributed by atoms with Crippen molar-refractivity contribution in [3.8, 4) is 5.75 Å². The number of ether oxygens (including phenoxy) is 1. The van der Waals surface area contributed by atoms with E-state index in [1.54, 1.807) is 97.1 Å². The van der Waals surface area contributed by atoms with E-state index in [4.69, 9.17) is 9.15 Å². The van der Waals surface area contributed by atoms with Crippen LogP contribution in [0.1, 0.15) is 22.5 Å². The number of carbonyl (C=O) groups is 2. The summed E-state index contributed by atoms with van der Waals surface area (Å²) in [5.74, 6) is -0.444. The van der Waals surface area contributed by atoms with E-state index in [0.717, 1.165) is 0 Å². The molecule has 3 aromatic carbocycles. The molecular formula is C28H22N2O5. The predicted octanol–water partition coefficient (Wildman–Crippen LogP) is 4.28. The summed E-state index contributed by atoms with van der Waals surface area (Å²) in [5, 5.41) is 15.4.